The second-order valence-electron chi connectivity index (χ2n) is 10.8. The van der Waals surface area contributed by atoms with Crippen LogP contribution in [0.3, 0.4) is 0 Å². The molecular formula is C29H39FN2O7S. The van der Waals surface area contributed by atoms with Gasteiger partial charge < -0.3 is 19.3 Å². The number of rotatable bonds is 13. The number of unbranched alkanes of at least 4 members (excludes halogenated alkanes) is 1. The molecular weight excluding hydrogens is 539 g/mol. The van der Waals surface area contributed by atoms with Crippen molar-refractivity contribution in [3.05, 3.63) is 53.3 Å². The van der Waals surface area contributed by atoms with Gasteiger partial charge in [0, 0.05) is 38.1 Å². The van der Waals surface area contributed by atoms with Crippen LogP contribution in [0.15, 0.2) is 36.4 Å². The smallest absolute Gasteiger partial charge is 0.309 e. The lowest BCUT2D eigenvalue weighted by atomic mass is 9.82. The fourth-order valence-corrected chi connectivity index (χ4v) is 7.45. The first-order valence-corrected chi connectivity index (χ1v) is 15.3. The van der Waals surface area contributed by atoms with E-state index in [4.69, 9.17) is 14.2 Å². The molecule has 2 heterocycles. The van der Waals surface area contributed by atoms with E-state index >= 15 is 0 Å². The summed E-state index contributed by atoms with van der Waals surface area (Å²) in [6, 6.07) is 9.22. The Morgan fingerprint density at radius 3 is 2.55 bits per heavy atom. The molecule has 4 rings (SSSR count). The van der Waals surface area contributed by atoms with E-state index in [0.29, 0.717) is 43.1 Å². The number of aliphatic carboxylic acids is 1. The standard InChI is InChI=1S/C29H39FN2O7S/c1-5-6-13-40(35,36)32(16-19(2)3)12-11-31-17-22(20-7-10-25-26(15-20)39-18-38-25)27(29(33)34)28(31)21-8-9-24(37-4)23(30)14-21/h7-10,14-15,19,22,27-28H,5-6,11-13,16-18H2,1-4H3,(H,33,34)/t22?,27-,28+/m0/s1. The van der Waals surface area contributed by atoms with Gasteiger partial charge in [-0.25, -0.2) is 17.1 Å². The van der Waals surface area contributed by atoms with Crippen molar-refractivity contribution in [3.63, 3.8) is 0 Å². The predicted octanol–water partition coefficient (Wildman–Crippen LogP) is 4.49. The third-order valence-electron chi connectivity index (χ3n) is 7.58. The Bertz CT molecular complexity index is 1300. The number of fused-ring (bicyclic) bond motifs is 1. The summed E-state index contributed by atoms with van der Waals surface area (Å²) in [5.74, 6) is -1.55. The molecule has 2 aliphatic heterocycles. The van der Waals surface area contributed by atoms with Gasteiger partial charge in [-0.1, -0.05) is 39.3 Å². The van der Waals surface area contributed by atoms with Gasteiger partial charge in [-0.15, -0.1) is 0 Å². The summed E-state index contributed by atoms with van der Waals surface area (Å²) in [6.07, 6.45) is 1.34. The Hall–Kier alpha value is -2.89. The number of carboxylic acids is 1. The van der Waals surface area contributed by atoms with Gasteiger partial charge in [-0.3, -0.25) is 9.69 Å². The second kappa shape index (κ2) is 12.7. The van der Waals surface area contributed by atoms with Crippen molar-refractivity contribution in [1.82, 2.24) is 9.21 Å². The van der Waals surface area contributed by atoms with Crippen molar-refractivity contribution in [1.29, 1.82) is 0 Å². The third-order valence-corrected chi connectivity index (χ3v) is 9.50. The first-order chi connectivity index (χ1) is 19.1. The third kappa shape index (κ3) is 6.53. The monoisotopic (exact) mass is 578 g/mol. The topological polar surface area (TPSA) is 106 Å². The van der Waals surface area contributed by atoms with Crippen LogP contribution in [-0.2, 0) is 14.8 Å². The van der Waals surface area contributed by atoms with Gasteiger partial charge in [0.1, 0.15) is 0 Å². The van der Waals surface area contributed by atoms with E-state index in [-0.39, 0.29) is 30.8 Å². The lowest BCUT2D eigenvalue weighted by molar-refractivity contribution is -0.143. The molecule has 0 aromatic heterocycles. The number of sulfonamides is 1. The largest absolute Gasteiger partial charge is 0.494 e. The van der Waals surface area contributed by atoms with E-state index < -0.39 is 39.7 Å². The highest BCUT2D eigenvalue weighted by atomic mass is 32.2. The lowest BCUT2D eigenvalue weighted by Gasteiger charge is -2.30. The van der Waals surface area contributed by atoms with E-state index in [9.17, 15) is 22.7 Å². The van der Waals surface area contributed by atoms with Crippen molar-refractivity contribution in [2.24, 2.45) is 11.8 Å². The van der Waals surface area contributed by atoms with Crippen LogP contribution in [0.25, 0.3) is 0 Å². The number of methoxy groups -OCH3 is 1. The van der Waals surface area contributed by atoms with Crippen molar-refractivity contribution in [3.8, 4) is 17.2 Å². The Labute approximate surface area is 235 Å². The highest BCUT2D eigenvalue weighted by Gasteiger charge is 2.48. The molecule has 0 aliphatic carbocycles. The number of carbonyl (C=O) groups is 1. The molecule has 0 amide bonds. The number of nitrogens with zero attached hydrogens (tertiary/aromatic N) is 2. The van der Waals surface area contributed by atoms with Crippen LogP contribution in [0.1, 0.15) is 56.7 Å². The molecule has 2 aromatic carbocycles. The Morgan fingerprint density at radius 2 is 1.90 bits per heavy atom. The van der Waals surface area contributed by atoms with Gasteiger partial charge in [-0.2, -0.15) is 0 Å². The predicted molar refractivity (Wildman–Crippen MR) is 149 cm³/mol. The van der Waals surface area contributed by atoms with Crippen LogP contribution in [0.2, 0.25) is 0 Å². The van der Waals surface area contributed by atoms with Crippen molar-refractivity contribution in [2.45, 2.75) is 45.6 Å². The molecule has 9 nitrogen and oxygen atoms in total. The number of carboxylic acid groups (broad SMARTS) is 1. The zero-order chi connectivity index (χ0) is 29.0. The summed E-state index contributed by atoms with van der Waals surface area (Å²) >= 11 is 0. The first-order valence-electron chi connectivity index (χ1n) is 13.7. The van der Waals surface area contributed by atoms with Gasteiger partial charge >= 0.3 is 5.97 Å². The SMILES string of the molecule is CCCCS(=O)(=O)N(CCN1CC(c2ccc3c(c2)OCO3)[C@H](C(=O)O)[C@H]1c1ccc(OC)c(F)c1)CC(C)C. The van der Waals surface area contributed by atoms with Crippen LogP contribution < -0.4 is 14.2 Å². The Morgan fingerprint density at radius 1 is 1.18 bits per heavy atom. The lowest BCUT2D eigenvalue weighted by Crippen LogP contribution is -2.42. The fraction of sp³-hybridized carbons (Fsp3) is 0.552. The molecule has 2 aromatic rings. The zero-order valence-corrected chi connectivity index (χ0v) is 24.3. The first kappa shape index (κ1) is 30.1. The summed E-state index contributed by atoms with van der Waals surface area (Å²) in [7, 11) is -2.12. The van der Waals surface area contributed by atoms with Gasteiger partial charge in [-0.05, 0) is 47.7 Å². The van der Waals surface area contributed by atoms with Crippen molar-refractivity contribution >= 4 is 16.0 Å². The van der Waals surface area contributed by atoms with Gasteiger partial charge in [0.05, 0.1) is 18.8 Å². The maximum Gasteiger partial charge on any atom is 0.309 e. The van der Waals surface area contributed by atoms with Crippen LogP contribution in [0, 0.1) is 17.7 Å². The Kier molecular flexibility index (Phi) is 9.58. The highest BCUT2D eigenvalue weighted by molar-refractivity contribution is 7.89. The molecule has 1 unspecified atom stereocenters. The molecule has 2 aliphatic rings. The Balaban J connectivity index is 1.70. The maximum absolute atomic E-state index is 14.9. The highest BCUT2D eigenvalue weighted by Crippen LogP contribution is 2.48. The van der Waals surface area contributed by atoms with Gasteiger partial charge in [0.25, 0.3) is 0 Å². The fourth-order valence-electron chi connectivity index (χ4n) is 5.65. The molecule has 0 bridgehead atoms. The molecule has 0 radical (unpaired) electrons. The van der Waals surface area contributed by atoms with Crippen molar-refractivity contribution in [2.75, 3.05) is 45.8 Å². The number of hydrogen-bond donors (Lipinski definition) is 1. The molecule has 3 atom stereocenters. The van der Waals surface area contributed by atoms with E-state index in [2.05, 4.69) is 0 Å². The summed E-state index contributed by atoms with van der Waals surface area (Å²) in [4.78, 5) is 14.8. The number of halogens is 1. The van der Waals surface area contributed by atoms with Crippen LogP contribution in [-0.4, -0.2) is 74.5 Å². The van der Waals surface area contributed by atoms with Gasteiger partial charge in [0.15, 0.2) is 23.1 Å². The summed E-state index contributed by atoms with van der Waals surface area (Å²) < 4.78 is 58.8. The molecule has 1 N–H and O–H groups in total. The van der Waals surface area contributed by atoms with Crippen molar-refractivity contribution < 1.29 is 36.9 Å². The van der Waals surface area contributed by atoms with E-state index in [1.54, 1.807) is 18.2 Å². The average Bonchev–Trinajstić information content (AvgIpc) is 3.54. The summed E-state index contributed by atoms with van der Waals surface area (Å²) in [5, 5.41) is 10.5. The summed E-state index contributed by atoms with van der Waals surface area (Å²) in [6.45, 7) is 7.21. The van der Waals surface area contributed by atoms with Crippen LogP contribution in [0.5, 0.6) is 17.2 Å². The minimum atomic E-state index is -3.49. The molecule has 220 valence electrons. The summed E-state index contributed by atoms with van der Waals surface area (Å²) in [5.41, 5.74) is 1.27. The zero-order valence-electron chi connectivity index (χ0n) is 23.5. The maximum atomic E-state index is 14.9. The molecule has 11 heteroatoms. The number of ether oxygens (including phenoxy) is 3. The number of benzene rings is 2. The second-order valence-corrected chi connectivity index (χ2v) is 12.9. The minimum absolute atomic E-state index is 0.0672. The number of likely N-dealkylation sites (tertiary alicyclic amines) is 1. The molecule has 1 fully saturated rings. The normalized spacial score (nSPS) is 20.9. The number of hydrogen-bond acceptors (Lipinski definition) is 7. The van der Waals surface area contributed by atoms with Crippen LogP contribution >= 0.6 is 0 Å². The average molecular weight is 579 g/mol. The minimum Gasteiger partial charge on any atom is -0.494 e. The van der Waals surface area contributed by atoms with E-state index in [1.165, 1.54) is 23.5 Å². The van der Waals surface area contributed by atoms with E-state index in [0.717, 1.165) is 12.0 Å². The van der Waals surface area contributed by atoms with Crippen LogP contribution in [0.4, 0.5) is 4.39 Å². The molecule has 1 saturated heterocycles. The molecule has 0 saturated carbocycles. The molecule has 0 spiro atoms. The molecule has 40 heavy (non-hydrogen) atoms. The van der Waals surface area contributed by atoms with Gasteiger partial charge in [0.2, 0.25) is 16.8 Å². The quantitative estimate of drug-likeness (QED) is 0.371. The van der Waals surface area contributed by atoms with E-state index in [1.807, 2.05) is 31.7 Å².